The molecular formula is C10H17N5O. The quantitative estimate of drug-likeness (QED) is 0.629. The van der Waals surface area contributed by atoms with Gasteiger partial charge in [-0.15, -0.1) is 6.58 Å². The second-order valence-electron chi connectivity index (χ2n) is 3.51. The molecule has 0 aliphatic carbocycles. The number of nitrogens with one attached hydrogen (secondary N) is 1. The van der Waals surface area contributed by atoms with Crippen molar-refractivity contribution in [1.82, 2.24) is 20.1 Å². The molecule has 0 aromatic carbocycles. The Kier molecular flexibility index (Phi) is 4.65. The molecule has 1 aromatic rings. The van der Waals surface area contributed by atoms with E-state index in [0.717, 1.165) is 0 Å². The van der Waals surface area contributed by atoms with E-state index in [1.807, 2.05) is 0 Å². The molecule has 0 saturated carbocycles. The van der Waals surface area contributed by atoms with Gasteiger partial charge in [0.05, 0.1) is 6.04 Å². The largest absolute Gasteiger partial charge is 0.354 e. The monoisotopic (exact) mass is 223 g/mol. The van der Waals surface area contributed by atoms with Crippen LogP contribution in [0, 0.1) is 0 Å². The summed E-state index contributed by atoms with van der Waals surface area (Å²) in [5, 5.41) is 6.82. The highest BCUT2D eigenvalue weighted by atomic mass is 16.2. The predicted molar refractivity (Wildman–Crippen MR) is 60.5 cm³/mol. The molecule has 0 aliphatic heterocycles. The number of rotatable bonds is 6. The van der Waals surface area contributed by atoms with Crippen molar-refractivity contribution in [2.24, 2.45) is 12.8 Å². The van der Waals surface area contributed by atoms with Crippen molar-refractivity contribution in [3.8, 4) is 0 Å². The molecule has 1 aromatic heterocycles. The van der Waals surface area contributed by atoms with E-state index >= 15 is 0 Å². The Balaban J connectivity index is 2.25. The van der Waals surface area contributed by atoms with Crippen molar-refractivity contribution in [2.45, 2.75) is 18.9 Å². The molecule has 16 heavy (non-hydrogen) atoms. The van der Waals surface area contributed by atoms with Crippen LogP contribution in [-0.2, 0) is 18.3 Å². The zero-order chi connectivity index (χ0) is 12.0. The van der Waals surface area contributed by atoms with Crippen LogP contribution < -0.4 is 11.1 Å². The predicted octanol–water partition coefficient (Wildman–Crippen LogP) is -0.623. The number of hydrogen-bond donors (Lipinski definition) is 2. The van der Waals surface area contributed by atoms with Crippen LogP contribution in [0.2, 0.25) is 0 Å². The summed E-state index contributed by atoms with van der Waals surface area (Å²) in [5.74, 6) is 0.538. The van der Waals surface area contributed by atoms with Crippen LogP contribution in [0.4, 0.5) is 0 Å². The number of carbonyl (C=O) groups is 1. The van der Waals surface area contributed by atoms with Crippen LogP contribution in [0.3, 0.4) is 0 Å². The summed E-state index contributed by atoms with van der Waals surface area (Å²) in [7, 11) is 1.80. The van der Waals surface area contributed by atoms with Gasteiger partial charge in [-0.25, -0.2) is 4.98 Å². The number of aromatic nitrogens is 3. The third kappa shape index (κ3) is 3.82. The van der Waals surface area contributed by atoms with Gasteiger partial charge < -0.3 is 11.1 Å². The molecule has 0 saturated heterocycles. The van der Waals surface area contributed by atoms with Gasteiger partial charge in [-0.2, -0.15) is 5.10 Å². The fraction of sp³-hybridized carbons (Fsp3) is 0.500. The van der Waals surface area contributed by atoms with Crippen molar-refractivity contribution >= 4 is 5.91 Å². The van der Waals surface area contributed by atoms with Gasteiger partial charge in [0.2, 0.25) is 5.91 Å². The first-order valence-electron chi connectivity index (χ1n) is 5.12. The number of carbonyl (C=O) groups excluding carboxylic acids is 1. The average Bonchev–Trinajstić information content (AvgIpc) is 2.64. The molecule has 0 spiro atoms. The maximum Gasteiger partial charge on any atom is 0.237 e. The number of amides is 1. The van der Waals surface area contributed by atoms with Crippen molar-refractivity contribution < 1.29 is 4.79 Å². The Labute approximate surface area is 94.5 Å². The maximum absolute atomic E-state index is 11.4. The topological polar surface area (TPSA) is 85.8 Å². The summed E-state index contributed by atoms with van der Waals surface area (Å²) in [4.78, 5) is 15.4. The molecule has 0 aliphatic rings. The zero-order valence-electron chi connectivity index (χ0n) is 9.39. The van der Waals surface area contributed by atoms with Gasteiger partial charge in [0.25, 0.3) is 0 Å². The van der Waals surface area contributed by atoms with E-state index in [1.54, 1.807) is 24.1 Å². The SMILES string of the molecule is C=CCC(N)C(=O)NCCc1ncn(C)n1. The number of aryl methyl sites for hydroxylation is 1. The van der Waals surface area contributed by atoms with E-state index in [1.165, 1.54) is 0 Å². The first-order valence-corrected chi connectivity index (χ1v) is 5.12. The highest BCUT2D eigenvalue weighted by Crippen LogP contribution is 1.91. The van der Waals surface area contributed by atoms with Gasteiger partial charge >= 0.3 is 0 Å². The molecule has 3 N–H and O–H groups in total. The number of nitrogens with zero attached hydrogens (tertiary/aromatic N) is 3. The van der Waals surface area contributed by atoms with Crippen molar-refractivity contribution in [1.29, 1.82) is 0 Å². The summed E-state index contributed by atoms with van der Waals surface area (Å²) < 4.78 is 1.63. The molecule has 1 heterocycles. The molecule has 0 fully saturated rings. The van der Waals surface area contributed by atoms with E-state index in [0.29, 0.717) is 25.2 Å². The fourth-order valence-electron chi connectivity index (χ4n) is 1.21. The van der Waals surface area contributed by atoms with Crippen molar-refractivity contribution in [3.63, 3.8) is 0 Å². The van der Waals surface area contributed by atoms with Gasteiger partial charge in [-0.3, -0.25) is 9.48 Å². The lowest BCUT2D eigenvalue weighted by atomic mass is 10.2. The lowest BCUT2D eigenvalue weighted by molar-refractivity contribution is -0.122. The lowest BCUT2D eigenvalue weighted by Crippen LogP contribution is -2.41. The van der Waals surface area contributed by atoms with Crippen LogP contribution in [0.15, 0.2) is 19.0 Å². The van der Waals surface area contributed by atoms with Crippen LogP contribution >= 0.6 is 0 Å². The standard InChI is InChI=1S/C10H17N5O/c1-3-4-8(11)10(16)12-6-5-9-13-7-15(2)14-9/h3,7-8H,1,4-6,11H2,2H3,(H,12,16). The molecule has 1 atom stereocenters. The Hall–Kier alpha value is -1.69. The summed E-state index contributed by atoms with van der Waals surface area (Å²) in [6.07, 6.45) is 4.34. The maximum atomic E-state index is 11.4. The van der Waals surface area contributed by atoms with Gasteiger partial charge in [0.1, 0.15) is 6.33 Å². The zero-order valence-corrected chi connectivity index (χ0v) is 9.39. The van der Waals surface area contributed by atoms with Crippen LogP contribution in [0.5, 0.6) is 0 Å². The lowest BCUT2D eigenvalue weighted by Gasteiger charge is -2.08. The number of hydrogen-bond acceptors (Lipinski definition) is 4. The highest BCUT2D eigenvalue weighted by molar-refractivity contribution is 5.81. The average molecular weight is 223 g/mol. The van der Waals surface area contributed by atoms with Gasteiger partial charge in [-0.05, 0) is 6.42 Å². The fourth-order valence-corrected chi connectivity index (χ4v) is 1.21. The third-order valence-corrected chi connectivity index (χ3v) is 2.05. The summed E-state index contributed by atoms with van der Waals surface area (Å²) in [5.41, 5.74) is 5.59. The summed E-state index contributed by atoms with van der Waals surface area (Å²) >= 11 is 0. The minimum atomic E-state index is -0.519. The summed E-state index contributed by atoms with van der Waals surface area (Å²) in [6.45, 7) is 4.02. The van der Waals surface area contributed by atoms with E-state index in [-0.39, 0.29) is 5.91 Å². The van der Waals surface area contributed by atoms with E-state index in [4.69, 9.17) is 5.73 Å². The second-order valence-corrected chi connectivity index (χ2v) is 3.51. The molecule has 6 heteroatoms. The molecule has 1 rings (SSSR count). The summed E-state index contributed by atoms with van der Waals surface area (Å²) in [6, 6.07) is -0.519. The first kappa shape index (κ1) is 12.4. The van der Waals surface area contributed by atoms with Crippen LogP contribution in [-0.4, -0.2) is 33.3 Å². The normalized spacial score (nSPS) is 12.1. The molecule has 1 unspecified atom stereocenters. The Morgan fingerprint density at radius 2 is 2.56 bits per heavy atom. The van der Waals surface area contributed by atoms with Crippen LogP contribution in [0.1, 0.15) is 12.2 Å². The smallest absolute Gasteiger partial charge is 0.237 e. The molecule has 0 radical (unpaired) electrons. The Morgan fingerprint density at radius 1 is 1.81 bits per heavy atom. The van der Waals surface area contributed by atoms with Crippen molar-refractivity contribution in [2.75, 3.05) is 6.54 Å². The molecule has 88 valence electrons. The third-order valence-electron chi connectivity index (χ3n) is 2.05. The van der Waals surface area contributed by atoms with Crippen molar-refractivity contribution in [3.05, 3.63) is 24.8 Å². The van der Waals surface area contributed by atoms with E-state index < -0.39 is 6.04 Å². The second kappa shape index (κ2) is 6.02. The minimum Gasteiger partial charge on any atom is -0.354 e. The Bertz CT molecular complexity index is 360. The highest BCUT2D eigenvalue weighted by Gasteiger charge is 2.10. The van der Waals surface area contributed by atoms with Gasteiger partial charge in [-0.1, -0.05) is 6.08 Å². The Morgan fingerprint density at radius 3 is 3.12 bits per heavy atom. The molecule has 6 nitrogen and oxygen atoms in total. The minimum absolute atomic E-state index is 0.171. The van der Waals surface area contributed by atoms with Gasteiger partial charge in [0.15, 0.2) is 5.82 Å². The van der Waals surface area contributed by atoms with E-state index in [9.17, 15) is 4.79 Å². The first-order chi connectivity index (χ1) is 7.63. The van der Waals surface area contributed by atoms with Crippen LogP contribution in [0.25, 0.3) is 0 Å². The van der Waals surface area contributed by atoms with Gasteiger partial charge in [0, 0.05) is 20.0 Å². The van der Waals surface area contributed by atoms with E-state index in [2.05, 4.69) is 22.0 Å². The molecule has 1 amide bonds. The molecular weight excluding hydrogens is 206 g/mol. The molecule has 0 bridgehead atoms. The number of nitrogens with two attached hydrogens (primary N) is 1.